The first-order valence-corrected chi connectivity index (χ1v) is 5.96. The number of hydrogen-bond acceptors (Lipinski definition) is 2. The Morgan fingerprint density at radius 2 is 2.00 bits per heavy atom. The molecule has 0 N–H and O–H groups in total. The lowest BCUT2D eigenvalue weighted by atomic mass is 10.0. The Morgan fingerprint density at radius 3 is 3.00 bits per heavy atom. The molecule has 4 aliphatic rings. The maximum atomic E-state index is 2.43. The molecular formula is C14H14N2. The smallest absolute Gasteiger partial charge is 0.114 e. The molecule has 2 heteroatoms. The average Bonchev–Trinajstić information content (AvgIpc) is 2.85. The highest BCUT2D eigenvalue weighted by Crippen LogP contribution is 2.43. The first kappa shape index (κ1) is 8.45. The van der Waals surface area contributed by atoms with Gasteiger partial charge in [-0.1, -0.05) is 18.2 Å². The van der Waals surface area contributed by atoms with Crippen molar-refractivity contribution in [3.8, 4) is 0 Å². The molecule has 0 radical (unpaired) electrons. The van der Waals surface area contributed by atoms with Crippen molar-refractivity contribution in [1.82, 2.24) is 9.80 Å². The minimum absolute atomic E-state index is 0.492. The van der Waals surface area contributed by atoms with Crippen molar-refractivity contribution in [2.24, 2.45) is 0 Å². The highest BCUT2D eigenvalue weighted by Gasteiger charge is 2.39. The van der Waals surface area contributed by atoms with Gasteiger partial charge in [0.25, 0.3) is 0 Å². The van der Waals surface area contributed by atoms with E-state index in [0.717, 1.165) is 6.42 Å². The second-order valence-corrected chi connectivity index (χ2v) is 4.65. The molecule has 0 amide bonds. The van der Waals surface area contributed by atoms with E-state index in [1.54, 1.807) is 0 Å². The zero-order valence-corrected chi connectivity index (χ0v) is 9.13. The Hall–Kier alpha value is -1.70. The van der Waals surface area contributed by atoms with Crippen LogP contribution >= 0.6 is 0 Å². The van der Waals surface area contributed by atoms with Gasteiger partial charge in [0.2, 0.25) is 0 Å². The first-order valence-electron chi connectivity index (χ1n) is 5.96. The summed E-state index contributed by atoms with van der Waals surface area (Å²) in [7, 11) is 0. The van der Waals surface area contributed by atoms with Crippen LogP contribution in [0, 0.1) is 0 Å². The number of nitrogens with zero attached hydrogens (tertiary/aromatic N) is 2. The lowest BCUT2D eigenvalue weighted by molar-refractivity contribution is 0.259. The fraction of sp³-hybridized carbons (Fsp3) is 0.286. The third-order valence-corrected chi connectivity index (χ3v) is 3.74. The summed E-state index contributed by atoms with van der Waals surface area (Å²) in [4.78, 5) is 4.81. The summed E-state index contributed by atoms with van der Waals surface area (Å²) in [6, 6.07) is 0. The minimum atomic E-state index is 0.492. The number of hydrogen-bond donors (Lipinski definition) is 0. The summed E-state index contributed by atoms with van der Waals surface area (Å²) >= 11 is 0. The number of fused-ring (bicyclic) bond motifs is 5. The third-order valence-electron chi connectivity index (χ3n) is 3.74. The predicted octanol–water partition coefficient (Wildman–Crippen LogP) is 2.86. The van der Waals surface area contributed by atoms with Crippen molar-refractivity contribution in [2.45, 2.75) is 25.4 Å². The van der Waals surface area contributed by atoms with Crippen LogP contribution in [0.3, 0.4) is 0 Å². The van der Waals surface area contributed by atoms with Gasteiger partial charge in [0.05, 0.1) is 5.70 Å². The maximum Gasteiger partial charge on any atom is 0.114 e. The molecule has 16 heavy (non-hydrogen) atoms. The van der Waals surface area contributed by atoms with Gasteiger partial charge in [-0.05, 0) is 30.6 Å². The van der Waals surface area contributed by atoms with Gasteiger partial charge in [-0.2, -0.15) is 0 Å². The van der Waals surface area contributed by atoms with E-state index in [2.05, 4.69) is 52.6 Å². The van der Waals surface area contributed by atoms with E-state index in [0.29, 0.717) is 6.17 Å². The number of rotatable bonds is 0. The van der Waals surface area contributed by atoms with E-state index in [9.17, 15) is 0 Å². The topological polar surface area (TPSA) is 6.48 Å². The molecule has 4 rings (SSSR count). The van der Waals surface area contributed by atoms with Crippen molar-refractivity contribution in [1.29, 1.82) is 0 Å². The molecule has 0 aromatic heterocycles. The van der Waals surface area contributed by atoms with Gasteiger partial charge in [-0.25, -0.2) is 0 Å². The molecule has 1 saturated heterocycles. The minimum Gasteiger partial charge on any atom is -0.325 e. The molecule has 1 atom stereocenters. The normalized spacial score (nSPS) is 29.5. The van der Waals surface area contributed by atoms with Gasteiger partial charge >= 0.3 is 0 Å². The van der Waals surface area contributed by atoms with Crippen LogP contribution in [0.25, 0.3) is 0 Å². The summed E-state index contributed by atoms with van der Waals surface area (Å²) < 4.78 is 0. The van der Waals surface area contributed by atoms with Crippen LogP contribution in [-0.2, 0) is 0 Å². The standard InChI is InChI=1S/C14H14N2/c1-2-7-13-11(5-1)9-14-15-8-4-3-6-12(15)10-16(13)14/h3-8,10,14H,1-2,9H2. The van der Waals surface area contributed by atoms with Crippen molar-refractivity contribution >= 4 is 0 Å². The van der Waals surface area contributed by atoms with Crippen molar-refractivity contribution in [2.75, 3.05) is 0 Å². The summed E-state index contributed by atoms with van der Waals surface area (Å²) in [5.74, 6) is 0. The van der Waals surface area contributed by atoms with Crippen molar-refractivity contribution in [3.05, 3.63) is 59.7 Å². The van der Waals surface area contributed by atoms with Crippen LogP contribution < -0.4 is 0 Å². The second-order valence-electron chi connectivity index (χ2n) is 4.65. The zero-order valence-electron chi connectivity index (χ0n) is 9.13. The average molecular weight is 210 g/mol. The molecular weight excluding hydrogens is 196 g/mol. The summed E-state index contributed by atoms with van der Waals surface area (Å²) in [6.45, 7) is 0. The zero-order chi connectivity index (χ0) is 10.5. The fourth-order valence-electron chi connectivity index (χ4n) is 3.01. The summed E-state index contributed by atoms with van der Waals surface area (Å²) in [5.41, 5.74) is 4.30. The lowest BCUT2D eigenvalue weighted by Crippen LogP contribution is -2.31. The van der Waals surface area contributed by atoms with Crippen LogP contribution in [0.1, 0.15) is 19.3 Å². The van der Waals surface area contributed by atoms with E-state index in [1.165, 1.54) is 29.8 Å². The summed E-state index contributed by atoms with van der Waals surface area (Å²) in [5, 5.41) is 0. The van der Waals surface area contributed by atoms with Crippen LogP contribution in [0.5, 0.6) is 0 Å². The lowest BCUT2D eigenvalue weighted by Gasteiger charge is -2.26. The Kier molecular flexibility index (Phi) is 1.54. The van der Waals surface area contributed by atoms with Crippen LogP contribution in [0.2, 0.25) is 0 Å². The van der Waals surface area contributed by atoms with E-state index in [4.69, 9.17) is 0 Å². The fourth-order valence-corrected chi connectivity index (χ4v) is 3.01. The molecule has 0 bridgehead atoms. The maximum absolute atomic E-state index is 2.43. The van der Waals surface area contributed by atoms with E-state index < -0.39 is 0 Å². The molecule has 1 unspecified atom stereocenters. The summed E-state index contributed by atoms with van der Waals surface area (Å²) in [6.07, 6.45) is 19.7. The van der Waals surface area contributed by atoms with Gasteiger partial charge < -0.3 is 9.80 Å². The van der Waals surface area contributed by atoms with E-state index >= 15 is 0 Å². The van der Waals surface area contributed by atoms with Gasteiger partial charge in [0.15, 0.2) is 0 Å². The van der Waals surface area contributed by atoms with Gasteiger partial charge in [-0.3, -0.25) is 0 Å². The van der Waals surface area contributed by atoms with E-state index in [1.807, 2.05) is 0 Å². The molecule has 0 aromatic carbocycles. The SMILES string of the molecule is C1=CC2=CN3C4=CCCC=C4CC3N2C=C1. The van der Waals surface area contributed by atoms with Crippen LogP contribution in [-0.4, -0.2) is 16.0 Å². The molecule has 80 valence electrons. The third kappa shape index (κ3) is 0.967. The Bertz CT molecular complexity index is 491. The Balaban J connectivity index is 1.79. The molecule has 0 saturated carbocycles. The number of allylic oxidation sites excluding steroid dienone is 6. The monoisotopic (exact) mass is 210 g/mol. The molecule has 1 aliphatic carbocycles. The largest absolute Gasteiger partial charge is 0.325 e. The van der Waals surface area contributed by atoms with Crippen molar-refractivity contribution < 1.29 is 0 Å². The Morgan fingerprint density at radius 1 is 1.06 bits per heavy atom. The second kappa shape index (κ2) is 2.91. The highest BCUT2D eigenvalue weighted by atomic mass is 15.4. The van der Waals surface area contributed by atoms with Gasteiger partial charge in [-0.15, -0.1) is 0 Å². The molecule has 1 fully saturated rings. The van der Waals surface area contributed by atoms with Gasteiger partial charge in [0.1, 0.15) is 6.17 Å². The van der Waals surface area contributed by atoms with E-state index in [-0.39, 0.29) is 0 Å². The molecule has 3 aliphatic heterocycles. The molecule has 3 heterocycles. The van der Waals surface area contributed by atoms with Crippen LogP contribution in [0.15, 0.2) is 59.7 Å². The van der Waals surface area contributed by atoms with Gasteiger partial charge in [0, 0.05) is 24.5 Å². The quantitative estimate of drug-likeness (QED) is 0.606. The molecule has 2 nitrogen and oxygen atoms in total. The molecule has 0 aromatic rings. The first-order chi connectivity index (χ1) is 7.93. The molecule has 0 spiro atoms. The van der Waals surface area contributed by atoms with Crippen LogP contribution in [0.4, 0.5) is 0 Å². The van der Waals surface area contributed by atoms with Crippen molar-refractivity contribution in [3.63, 3.8) is 0 Å². The predicted molar refractivity (Wildman–Crippen MR) is 63.8 cm³/mol. The highest BCUT2D eigenvalue weighted by molar-refractivity contribution is 5.45. The Labute approximate surface area is 95.5 Å².